The average Bonchev–Trinajstić information content (AvgIpc) is 2.60. The van der Waals surface area contributed by atoms with Crippen LogP contribution in [0.1, 0.15) is 19.8 Å². The van der Waals surface area contributed by atoms with Crippen LogP contribution in [0, 0.1) is 17.3 Å². The highest BCUT2D eigenvalue weighted by Gasteiger charge is 2.55. The molecule has 96 valence electrons. The molecule has 5 atom stereocenters. The molecule has 0 aromatic heterocycles. The maximum Gasteiger partial charge on any atom is 0.334 e. The van der Waals surface area contributed by atoms with Crippen LogP contribution in [0.3, 0.4) is 0 Å². The van der Waals surface area contributed by atoms with Crippen molar-refractivity contribution < 1.29 is 14.6 Å². The molecular weight excluding hydrogens is 228 g/mol. The fraction of sp³-hybridized carbons (Fsp3) is 0.533. The van der Waals surface area contributed by atoms with E-state index in [2.05, 4.69) is 26.2 Å². The molecule has 3 heteroatoms. The normalized spacial score (nSPS) is 46.7. The molecule has 2 fully saturated rings. The van der Waals surface area contributed by atoms with Crippen LogP contribution in [0.5, 0.6) is 0 Å². The quantitative estimate of drug-likeness (QED) is 0.404. The number of carbonyl (C=O) groups excluding carboxylic acids is 1. The maximum atomic E-state index is 11.7. The Morgan fingerprint density at radius 1 is 1.50 bits per heavy atom. The van der Waals surface area contributed by atoms with Gasteiger partial charge in [-0.05, 0) is 23.8 Å². The van der Waals surface area contributed by atoms with Crippen LogP contribution in [0.4, 0.5) is 0 Å². The van der Waals surface area contributed by atoms with Crippen LogP contribution < -0.4 is 0 Å². The number of carbonyl (C=O) groups is 1. The van der Waals surface area contributed by atoms with Crippen molar-refractivity contribution in [2.75, 3.05) is 0 Å². The summed E-state index contributed by atoms with van der Waals surface area (Å²) in [5, 5.41) is 9.93. The van der Waals surface area contributed by atoms with Gasteiger partial charge >= 0.3 is 5.97 Å². The van der Waals surface area contributed by atoms with E-state index in [1.165, 1.54) is 0 Å². The van der Waals surface area contributed by atoms with Crippen LogP contribution in [-0.4, -0.2) is 23.3 Å². The minimum absolute atomic E-state index is 0.000509. The van der Waals surface area contributed by atoms with E-state index in [1.807, 2.05) is 0 Å². The molecule has 0 radical (unpaired) electrons. The Balaban J connectivity index is 2.03. The molecule has 0 aromatic carbocycles. The summed E-state index contributed by atoms with van der Waals surface area (Å²) in [7, 11) is 0. The monoisotopic (exact) mass is 246 g/mol. The fourth-order valence-electron chi connectivity index (χ4n) is 3.71. The molecule has 0 spiro atoms. The van der Waals surface area contributed by atoms with Gasteiger partial charge in [-0.2, -0.15) is 0 Å². The van der Waals surface area contributed by atoms with Crippen molar-refractivity contribution in [3.8, 4) is 0 Å². The Kier molecular flexibility index (Phi) is 2.33. The Morgan fingerprint density at radius 2 is 2.22 bits per heavy atom. The first-order chi connectivity index (χ1) is 8.44. The molecule has 1 saturated heterocycles. The number of allylic oxidation sites excluding steroid dienone is 1. The van der Waals surface area contributed by atoms with E-state index in [0.717, 1.165) is 18.4 Å². The van der Waals surface area contributed by atoms with E-state index in [9.17, 15) is 9.90 Å². The molecule has 3 nitrogen and oxygen atoms in total. The van der Waals surface area contributed by atoms with Gasteiger partial charge in [-0.1, -0.05) is 32.2 Å². The Morgan fingerprint density at radius 3 is 2.94 bits per heavy atom. The molecular formula is C15H18O3. The highest BCUT2D eigenvalue weighted by Crippen LogP contribution is 2.54. The number of esters is 1. The van der Waals surface area contributed by atoms with Crippen molar-refractivity contribution >= 4 is 5.97 Å². The molecule has 3 aliphatic rings. The minimum atomic E-state index is -0.630. The summed E-state index contributed by atoms with van der Waals surface area (Å²) in [4.78, 5) is 11.7. The first-order valence-electron chi connectivity index (χ1n) is 6.40. The SMILES string of the molecule is C=C1C(=O)OC2C1CCC1(C)C=CC(O)C(=C)C21. The van der Waals surface area contributed by atoms with Gasteiger partial charge in [0, 0.05) is 17.4 Å². The lowest BCUT2D eigenvalue weighted by Gasteiger charge is -2.48. The van der Waals surface area contributed by atoms with Crippen LogP contribution in [0.25, 0.3) is 0 Å². The summed E-state index contributed by atoms with van der Waals surface area (Å²) < 4.78 is 5.49. The Labute approximate surface area is 107 Å². The summed E-state index contributed by atoms with van der Waals surface area (Å²) in [5.41, 5.74) is 1.28. The number of hydrogen-bond acceptors (Lipinski definition) is 3. The van der Waals surface area contributed by atoms with Crippen molar-refractivity contribution in [3.05, 3.63) is 36.5 Å². The molecule has 1 aliphatic heterocycles. The lowest BCUT2D eigenvalue weighted by atomic mass is 9.57. The molecule has 18 heavy (non-hydrogen) atoms. The third kappa shape index (κ3) is 1.37. The van der Waals surface area contributed by atoms with Gasteiger partial charge in [-0.3, -0.25) is 0 Å². The lowest BCUT2D eigenvalue weighted by Crippen LogP contribution is -2.47. The number of ether oxygens (including phenoxy) is 1. The molecule has 1 heterocycles. The van der Waals surface area contributed by atoms with E-state index in [4.69, 9.17) is 4.74 Å². The van der Waals surface area contributed by atoms with Gasteiger partial charge < -0.3 is 9.84 Å². The summed E-state index contributed by atoms with van der Waals surface area (Å²) >= 11 is 0. The van der Waals surface area contributed by atoms with Crippen molar-refractivity contribution in [1.82, 2.24) is 0 Å². The molecule has 3 rings (SSSR count). The maximum absolute atomic E-state index is 11.7. The molecule has 2 aliphatic carbocycles. The third-order valence-corrected chi connectivity index (χ3v) is 4.82. The van der Waals surface area contributed by atoms with Crippen LogP contribution >= 0.6 is 0 Å². The zero-order valence-corrected chi connectivity index (χ0v) is 10.6. The molecule has 1 saturated carbocycles. The lowest BCUT2D eigenvalue weighted by molar-refractivity contribution is -0.143. The van der Waals surface area contributed by atoms with E-state index >= 15 is 0 Å². The van der Waals surface area contributed by atoms with Crippen molar-refractivity contribution in [2.45, 2.75) is 32.0 Å². The van der Waals surface area contributed by atoms with Gasteiger partial charge in [-0.15, -0.1) is 0 Å². The fourth-order valence-corrected chi connectivity index (χ4v) is 3.71. The van der Waals surface area contributed by atoms with Gasteiger partial charge in [0.1, 0.15) is 6.10 Å². The minimum Gasteiger partial charge on any atom is -0.458 e. The van der Waals surface area contributed by atoms with Crippen molar-refractivity contribution in [1.29, 1.82) is 0 Å². The van der Waals surface area contributed by atoms with E-state index in [-0.39, 0.29) is 29.3 Å². The van der Waals surface area contributed by atoms with Gasteiger partial charge in [0.2, 0.25) is 0 Å². The number of fused-ring (bicyclic) bond motifs is 3. The summed E-state index contributed by atoms with van der Waals surface area (Å²) in [6, 6.07) is 0. The van der Waals surface area contributed by atoms with E-state index in [1.54, 1.807) is 6.08 Å². The summed E-state index contributed by atoms with van der Waals surface area (Å²) in [6.07, 6.45) is 4.91. The Bertz CT molecular complexity index is 476. The number of rotatable bonds is 0. The van der Waals surface area contributed by atoms with Gasteiger partial charge in [0.15, 0.2) is 0 Å². The second-order valence-corrected chi connectivity index (χ2v) is 5.90. The first kappa shape index (κ1) is 11.7. The van der Waals surface area contributed by atoms with E-state index < -0.39 is 6.10 Å². The second-order valence-electron chi connectivity index (χ2n) is 5.90. The third-order valence-electron chi connectivity index (χ3n) is 4.82. The molecule has 0 amide bonds. The number of aliphatic hydroxyl groups excluding tert-OH is 1. The summed E-state index contributed by atoms with van der Waals surface area (Å²) in [6.45, 7) is 10.0. The predicted molar refractivity (Wildman–Crippen MR) is 67.6 cm³/mol. The summed E-state index contributed by atoms with van der Waals surface area (Å²) in [5.74, 6) is -0.198. The van der Waals surface area contributed by atoms with Crippen LogP contribution in [0.2, 0.25) is 0 Å². The highest BCUT2D eigenvalue weighted by atomic mass is 16.6. The van der Waals surface area contributed by atoms with Crippen molar-refractivity contribution in [2.24, 2.45) is 17.3 Å². The first-order valence-corrected chi connectivity index (χ1v) is 6.40. The molecule has 0 bridgehead atoms. The zero-order valence-electron chi connectivity index (χ0n) is 10.6. The topological polar surface area (TPSA) is 46.5 Å². The standard InChI is InChI=1S/C15H18O3/c1-8-10-4-6-15(3)7-5-11(16)9(2)12(15)13(10)18-14(8)17/h5,7,10-13,16H,1-2,4,6H2,3H3. The Hall–Kier alpha value is -1.35. The smallest absolute Gasteiger partial charge is 0.334 e. The molecule has 5 unspecified atom stereocenters. The number of aliphatic hydroxyl groups is 1. The number of hydrogen-bond donors (Lipinski definition) is 1. The van der Waals surface area contributed by atoms with Crippen molar-refractivity contribution in [3.63, 3.8) is 0 Å². The molecule has 0 aromatic rings. The van der Waals surface area contributed by atoms with Gasteiger partial charge in [-0.25, -0.2) is 4.79 Å². The van der Waals surface area contributed by atoms with Gasteiger partial charge in [0.05, 0.1) is 6.10 Å². The predicted octanol–water partition coefficient (Wildman–Crippen LogP) is 1.99. The van der Waals surface area contributed by atoms with Crippen LogP contribution in [0.15, 0.2) is 36.5 Å². The van der Waals surface area contributed by atoms with Crippen LogP contribution in [-0.2, 0) is 9.53 Å². The largest absolute Gasteiger partial charge is 0.458 e. The zero-order chi connectivity index (χ0) is 13.1. The highest BCUT2D eigenvalue weighted by molar-refractivity contribution is 5.91. The molecule has 1 N–H and O–H groups in total. The van der Waals surface area contributed by atoms with Gasteiger partial charge in [0.25, 0.3) is 0 Å². The second kappa shape index (κ2) is 3.58. The van der Waals surface area contributed by atoms with E-state index in [0.29, 0.717) is 5.57 Å². The average molecular weight is 246 g/mol.